The first-order chi connectivity index (χ1) is 10.1. The van der Waals surface area contributed by atoms with Crippen LogP contribution in [0.3, 0.4) is 0 Å². The smallest absolute Gasteiger partial charge is 0.241 e. The van der Waals surface area contributed by atoms with Crippen LogP contribution in [0.15, 0.2) is 16.3 Å². The minimum atomic E-state index is -3.38. The van der Waals surface area contributed by atoms with Gasteiger partial charge in [0.15, 0.2) is 0 Å². The molecule has 3 heterocycles. The van der Waals surface area contributed by atoms with E-state index in [4.69, 9.17) is 0 Å². The number of sulfonamides is 1. The van der Waals surface area contributed by atoms with Gasteiger partial charge in [0.2, 0.25) is 10.0 Å². The van der Waals surface area contributed by atoms with Crippen LogP contribution in [0.4, 0.5) is 0 Å². The van der Waals surface area contributed by atoms with Gasteiger partial charge in [-0.3, -0.25) is 4.90 Å². The summed E-state index contributed by atoms with van der Waals surface area (Å²) < 4.78 is 28.0. The molecule has 118 valence electrons. The fraction of sp³-hybridized carbons (Fsp3) is 0.714. The number of hydrogen-bond acceptors (Lipinski definition) is 5. The summed E-state index contributed by atoms with van der Waals surface area (Å²) in [5, 5.41) is 4.97. The lowest BCUT2D eigenvalue weighted by Gasteiger charge is -2.20. The van der Waals surface area contributed by atoms with E-state index in [-0.39, 0.29) is 6.04 Å². The van der Waals surface area contributed by atoms with Crippen LogP contribution in [0.5, 0.6) is 0 Å². The molecule has 2 fully saturated rings. The zero-order valence-electron chi connectivity index (χ0n) is 12.3. The molecule has 3 rings (SSSR count). The molecule has 0 aromatic carbocycles. The molecule has 0 radical (unpaired) electrons. The number of fused-ring (bicyclic) bond motifs is 1. The van der Waals surface area contributed by atoms with Crippen molar-refractivity contribution in [2.45, 2.75) is 49.7 Å². The SMILES string of the molecule is CCNCc1cc(S(=O)(=O)NC2CCN3CCCC23)cs1. The minimum Gasteiger partial charge on any atom is -0.312 e. The number of rotatable bonds is 6. The summed E-state index contributed by atoms with van der Waals surface area (Å²) >= 11 is 1.50. The van der Waals surface area contributed by atoms with Gasteiger partial charge in [-0.1, -0.05) is 6.92 Å². The average molecular weight is 329 g/mol. The second kappa shape index (κ2) is 6.34. The normalized spacial score (nSPS) is 26.3. The van der Waals surface area contributed by atoms with Crippen LogP contribution < -0.4 is 10.0 Å². The Labute approximate surface area is 130 Å². The minimum absolute atomic E-state index is 0.0783. The Morgan fingerprint density at radius 1 is 1.38 bits per heavy atom. The monoisotopic (exact) mass is 329 g/mol. The van der Waals surface area contributed by atoms with E-state index in [9.17, 15) is 8.42 Å². The highest BCUT2D eigenvalue weighted by Crippen LogP contribution is 2.29. The lowest BCUT2D eigenvalue weighted by Crippen LogP contribution is -2.42. The molecule has 0 saturated carbocycles. The standard InChI is InChI=1S/C14H23N3O2S2/c1-2-15-9-11-8-12(10-20-11)21(18,19)16-13-5-7-17-6-3-4-14(13)17/h8,10,13-16H,2-7,9H2,1H3. The van der Waals surface area contributed by atoms with Crippen LogP contribution in [0.25, 0.3) is 0 Å². The molecule has 2 atom stereocenters. The maximum atomic E-state index is 12.5. The molecule has 0 aliphatic carbocycles. The van der Waals surface area contributed by atoms with Crippen molar-refractivity contribution in [1.82, 2.24) is 14.9 Å². The number of nitrogens with zero attached hydrogens (tertiary/aromatic N) is 1. The van der Waals surface area contributed by atoms with Crippen molar-refractivity contribution in [1.29, 1.82) is 0 Å². The predicted molar refractivity (Wildman–Crippen MR) is 85.0 cm³/mol. The Bertz CT molecular complexity index is 585. The summed E-state index contributed by atoms with van der Waals surface area (Å²) in [6.45, 7) is 5.80. The summed E-state index contributed by atoms with van der Waals surface area (Å²) in [4.78, 5) is 3.89. The first-order valence-electron chi connectivity index (χ1n) is 7.64. The lowest BCUT2D eigenvalue weighted by atomic mass is 10.1. The van der Waals surface area contributed by atoms with Gasteiger partial charge in [0, 0.05) is 35.4 Å². The van der Waals surface area contributed by atoms with Crippen molar-refractivity contribution in [2.75, 3.05) is 19.6 Å². The quantitative estimate of drug-likeness (QED) is 0.828. The maximum absolute atomic E-state index is 12.5. The number of hydrogen-bond donors (Lipinski definition) is 2. The summed E-state index contributed by atoms with van der Waals surface area (Å²) in [5.74, 6) is 0. The van der Waals surface area contributed by atoms with E-state index in [1.807, 2.05) is 6.92 Å². The Morgan fingerprint density at radius 3 is 3.05 bits per heavy atom. The van der Waals surface area contributed by atoms with Gasteiger partial charge in [0.1, 0.15) is 0 Å². The lowest BCUT2D eigenvalue weighted by molar-refractivity contribution is 0.309. The van der Waals surface area contributed by atoms with Crippen molar-refractivity contribution in [3.8, 4) is 0 Å². The van der Waals surface area contributed by atoms with Gasteiger partial charge >= 0.3 is 0 Å². The summed E-state index contributed by atoms with van der Waals surface area (Å²) in [7, 11) is -3.38. The fourth-order valence-electron chi connectivity index (χ4n) is 3.33. The Balaban J connectivity index is 1.67. The van der Waals surface area contributed by atoms with Crippen molar-refractivity contribution in [3.05, 3.63) is 16.3 Å². The second-order valence-corrected chi connectivity index (χ2v) is 8.50. The molecule has 0 amide bonds. The highest BCUT2D eigenvalue weighted by atomic mass is 32.2. The van der Waals surface area contributed by atoms with Gasteiger partial charge in [0.05, 0.1) is 4.90 Å². The van der Waals surface area contributed by atoms with Gasteiger partial charge in [-0.25, -0.2) is 13.1 Å². The maximum Gasteiger partial charge on any atom is 0.241 e. The first kappa shape index (κ1) is 15.4. The van der Waals surface area contributed by atoms with Crippen molar-refractivity contribution < 1.29 is 8.42 Å². The van der Waals surface area contributed by atoms with E-state index in [1.165, 1.54) is 17.8 Å². The van der Waals surface area contributed by atoms with E-state index < -0.39 is 10.0 Å². The summed E-state index contributed by atoms with van der Waals surface area (Å²) in [5.41, 5.74) is 0. The van der Waals surface area contributed by atoms with Crippen LogP contribution >= 0.6 is 11.3 Å². The van der Waals surface area contributed by atoms with Crippen LogP contribution in [0, 0.1) is 0 Å². The number of thiophene rings is 1. The third-order valence-corrected chi connectivity index (χ3v) is 6.96. The molecule has 1 aromatic rings. The Kier molecular flexibility index (Phi) is 4.66. The predicted octanol–water partition coefficient (Wildman–Crippen LogP) is 1.37. The molecule has 2 N–H and O–H groups in total. The Hall–Kier alpha value is -0.470. The molecule has 7 heteroatoms. The van der Waals surface area contributed by atoms with Crippen molar-refractivity contribution >= 4 is 21.4 Å². The van der Waals surface area contributed by atoms with E-state index in [0.717, 1.165) is 43.9 Å². The van der Waals surface area contributed by atoms with Crippen LogP contribution in [0.1, 0.15) is 31.1 Å². The van der Waals surface area contributed by atoms with Gasteiger partial charge in [-0.05, 0) is 38.4 Å². The van der Waals surface area contributed by atoms with Crippen LogP contribution in [-0.4, -0.2) is 45.0 Å². The van der Waals surface area contributed by atoms with Crippen LogP contribution in [0.2, 0.25) is 0 Å². The topological polar surface area (TPSA) is 61.4 Å². The van der Waals surface area contributed by atoms with Gasteiger partial charge in [-0.15, -0.1) is 11.3 Å². The summed E-state index contributed by atoms with van der Waals surface area (Å²) in [6.07, 6.45) is 3.23. The van der Waals surface area contributed by atoms with Gasteiger partial charge in [-0.2, -0.15) is 0 Å². The molecule has 0 spiro atoms. The van der Waals surface area contributed by atoms with Gasteiger partial charge in [0.25, 0.3) is 0 Å². The van der Waals surface area contributed by atoms with Gasteiger partial charge < -0.3 is 5.32 Å². The molecule has 0 bridgehead atoms. The van der Waals surface area contributed by atoms with E-state index in [2.05, 4.69) is 14.9 Å². The van der Waals surface area contributed by atoms with E-state index >= 15 is 0 Å². The molecule has 2 aliphatic heterocycles. The molecule has 21 heavy (non-hydrogen) atoms. The third-order valence-electron chi connectivity index (χ3n) is 4.40. The molecule has 2 aliphatic rings. The average Bonchev–Trinajstić information content (AvgIpc) is 3.14. The van der Waals surface area contributed by atoms with Crippen LogP contribution in [-0.2, 0) is 16.6 Å². The largest absolute Gasteiger partial charge is 0.312 e. The Morgan fingerprint density at radius 2 is 2.24 bits per heavy atom. The zero-order chi connectivity index (χ0) is 14.9. The van der Waals surface area contributed by atoms with Crippen molar-refractivity contribution in [3.63, 3.8) is 0 Å². The molecule has 2 saturated heterocycles. The molecule has 1 aromatic heterocycles. The van der Waals surface area contributed by atoms with E-state index in [1.54, 1.807) is 11.4 Å². The van der Waals surface area contributed by atoms with E-state index in [0.29, 0.717) is 10.9 Å². The summed E-state index contributed by atoms with van der Waals surface area (Å²) in [6, 6.07) is 2.27. The number of nitrogens with one attached hydrogen (secondary N) is 2. The molecular weight excluding hydrogens is 306 g/mol. The zero-order valence-corrected chi connectivity index (χ0v) is 14.0. The molecular formula is C14H23N3O2S2. The molecule has 5 nitrogen and oxygen atoms in total. The van der Waals surface area contributed by atoms with Crippen molar-refractivity contribution in [2.24, 2.45) is 0 Å². The highest BCUT2D eigenvalue weighted by Gasteiger charge is 2.39. The third kappa shape index (κ3) is 3.32. The molecule has 2 unspecified atom stereocenters. The fourth-order valence-corrected chi connectivity index (χ4v) is 5.88. The second-order valence-electron chi connectivity index (χ2n) is 5.79. The first-order valence-corrected chi connectivity index (χ1v) is 10.0. The highest BCUT2D eigenvalue weighted by molar-refractivity contribution is 7.89.